The molecule has 1 aliphatic carbocycles. The maximum Gasteiger partial charge on any atom is 0.356 e. The standard InChI is InChI=1S/C25H35N3O5/c1-7-33-23(30)22-21(16-8-18(31-5)19(32-6)9-17(16)26-22)27-20(29)12-28-14-25(4)11-15(28)10-24(2,3)13-25/h8-9,15,26H,7,10-14H2,1-6H3,(H,27,29). The van der Waals surface area contributed by atoms with E-state index < -0.39 is 5.97 Å². The third-order valence-electron chi connectivity index (χ3n) is 6.92. The van der Waals surface area contributed by atoms with Crippen molar-refractivity contribution in [3.8, 4) is 11.5 Å². The smallest absolute Gasteiger partial charge is 0.356 e. The number of likely N-dealkylation sites (tertiary alicyclic amines) is 1. The number of nitrogens with one attached hydrogen (secondary N) is 2. The SMILES string of the molecule is CCOC(=O)c1[nH]c2cc(OC)c(OC)cc2c1NC(=O)CN1CC2(C)CC1CC(C)(C)C2. The van der Waals surface area contributed by atoms with Gasteiger partial charge in [0.1, 0.15) is 5.69 Å². The average Bonchev–Trinajstić information content (AvgIpc) is 3.19. The van der Waals surface area contributed by atoms with Crippen LogP contribution < -0.4 is 14.8 Å². The highest BCUT2D eigenvalue weighted by Gasteiger charge is 2.49. The number of hydrogen-bond donors (Lipinski definition) is 2. The predicted molar refractivity (Wildman–Crippen MR) is 127 cm³/mol. The van der Waals surface area contributed by atoms with E-state index in [9.17, 15) is 9.59 Å². The van der Waals surface area contributed by atoms with Crippen molar-refractivity contribution in [3.63, 3.8) is 0 Å². The summed E-state index contributed by atoms with van der Waals surface area (Å²) in [5.74, 6) is 0.372. The van der Waals surface area contributed by atoms with Crippen molar-refractivity contribution >= 4 is 28.5 Å². The predicted octanol–water partition coefficient (Wildman–Crippen LogP) is 4.20. The number of amides is 1. The minimum Gasteiger partial charge on any atom is -0.493 e. The van der Waals surface area contributed by atoms with Crippen LogP contribution in [0, 0.1) is 10.8 Å². The van der Waals surface area contributed by atoms with E-state index in [2.05, 4.69) is 36.0 Å². The Labute approximate surface area is 194 Å². The molecule has 2 N–H and O–H groups in total. The molecule has 180 valence electrons. The Bertz CT molecular complexity index is 1080. The zero-order chi connectivity index (χ0) is 24.0. The highest BCUT2D eigenvalue weighted by molar-refractivity contribution is 6.11. The number of H-pyrrole nitrogens is 1. The number of ether oxygens (including phenoxy) is 3. The number of aromatic nitrogens is 1. The molecule has 1 saturated carbocycles. The molecule has 2 atom stereocenters. The molecular formula is C25H35N3O5. The van der Waals surface area contributed by atoms with Crippen molar-refractivity contribution in [2.45, 2.75) is 53.0 Å². The van der Waals surface area contributed by atoms with Gasteiger partial charge in [0.2, 0.25) is 5.91 Å². The second-order valence-electron chi connectivity index (χ2n) is 10.5. The van der Waals surface area contributed by atoms with E-state index in [1.54, 1.807) is 33.3 Å². The first-order chi connectivity index (χ1) is 15.6. The lowest BCUT2D eigenvalue weighted by Crippen LogP contribution is -2.38. The first kappa shape index (κ1) is 23.4. The van der Waals surface area contributed by atoms with Crippen LogP contribution in [0.15, 0.2) is 12.1 Å². The lowest BCUT2D eigenvalue weighted by atomic mass is 9.65. The van der Waals surface area contributed by atoms with Crippen LogP contribution in [-0.4, -0.2) is 61.7 Å². The van der Waals surface area contributed by atoms with Crippen molar-refractivity contribution in [1.29, 1.82) is 0 Å². The van der Waals surface area contributed by atoms with Gasteiger partial charge in [0.25, 0.3) is 0 Å². The first-order valence-electron chi connectivity index (χ1n) is 11.6. The summed E-state index contributed by atoms with van der Waals surface area (Å²) in [7, 11) is 3.10. The van der Waals surface area contributed by atoms with Crippen molar-refractivity contribution in [2.75, 3.05) is 39.2 Å². The molecule has 0 radical (unpaired) electrons. The van der Waals surface area contributed by atoms with Crippen LogP contribution in [0.3, 0.4) is 0 Å². The molecule has 8 heteroatoms. The lowest BCUT2D eigenvalue weighted by Gasteiger charge is -2.39. The molecule has 1 aromatic heterocycles. The molecule has 1 amide bonds. The van der Waals surface area contributed by atoms with Crippen LogP contribution in [-0.2, 0) is 9.53 Å². The number of benzene rings is 1. The number of methoxy groups -OCH3 is 2. The molecule has 1 saturated heterocycles. The number of fused-ring (bicyclic) bond motifs is 3. The number of carbonyl (C=O) groups excluding carboxylic acids is 2. The summed E-state index contributed by atoms with van der Waals surface area (Å²) in [6, 6.07) is 3.91. The number of rotatable bonds is 7. The number of carbonyl (C=O) groups is 2. The number of esters is 1. The Balaban J connectivity index is 1.62. The molecule has 2 aliphatic rings. The molecule has 2 fully saturated rings. The Morgan fingerprint density at radius 3 is 2.52 bits per heavy atom. The Morgan fingerprint density at radius 2 is 1.85 bits per heavy atom. The minimum absolute atomic E-state index is 0.148. The summed E-state index contributed by atoms with van der Waals surface area (Å²) in [6.45, 7) is 10.2. The molecule has 2 aromatic rings. The van der Waals surface area contributed by atoms with Gasteiger partial charge in [-0.05, 0) is 43.1 Å². The summed E-state index contributed by atoms with van der Waals surface area (Å²) < 4.78 is 16.0. The zero-order valence-corrected chi connectivity index (χ0v) is 20.5. The second-order valence-corrected chi connectivity index (χ2v) is 10.5. The largest absolute Gasteiger partial charge is 0.493 e. The topological polar surface area (TPSA) is 92.9 Å². The van der Waals surface area contributed by atoms with Crippen LogP contribution in [0.25, 0.3) is 10.9 Å². The van der Waals surface area contributed by atoms with E-state index in [-0.39, 0.29) is 29.0 Å². The van der Waals surface area contributed by atoms with Gasteiger partial charge in [0.15, 0.2) is 11.5 Å². The minimum atomic E-state index is -0.520. The van der Waals surface area contributed by atoms with Gasteiger partial charge in [-0.25, -0.2) is 4.79 Å². The fraction of sp³-hybridized carbons (Fsp3) is 0.600. The summed E-state index contributed by atoms with van der Waals surface area (Å²) in [6.07, 6.45) is 3.39. The molecule has 2 bridgehead atoms. The second kappa shape index (κ2) is 8.56. The van der Waals surface area contributed by atoms with E-state index in [1.165, 1.54) is 6.42 Å². The van der Waals surface area contributed by atoms with Gasteiger partial charge in [-0.15, -0.1) is 0 Å². The van der Waals surface area contributed by atoms with Gasteiger partial charge < -0.3 is 24.5 Å². The van der Waals surface area contributed by atoms with Crippen molar-refractivity contribution in [3.05, 3.63) is 17.8 Å². The number of anilines is 1. The van der Waals surface area contributed by atoms with Crippen molar-refractivity contribution in [1.82, 2.24) is 9.88 Å². The van der Waals surface area contributed by atoms with E-state index in [0.717, 1.165) is 19.4 Å². The van der Waals surface area contributed by atoms with Gasteiger partial charge in [-0.3, -0.25) is 9.69 Å². The Morgan fingerprint density at radius 1 is 1.15 bits per heavy atom. The fourth-order valence-corrected chi connectivity index (χ4v) is 6.13. The maximum atomic E-state index is 13.2. The number of hydrogen-bond acceptors (Lipinski definition) is 6. The molecule has 1 aromatic carbocycles. The third kappa shape index (κ3) is 4.53. The highest BCUT2D eigenvalue weighted by Crippen LogP contribution is 2.52. The van der Waals surface area contributed by atoms with E-state index >= 15 is 0 Å². The molecule has 4 rings (SSSR count). The molecule has 2 heterocycles. The van der Waals surface area contributed by atoms with Crippen LogP contribution in [0.1, 0.15) is 57.4 Å². The van der Waals surface area contributed by atoms with Crippen LogP contribution in [0.5, 0.6) is 11.5 Å². The van der Waals surface area contributed by atoms with Gasteiger partial charge >= 0.3 is 5.97 Å². The lowest BCUT2D eigenvalue weighted by molar-refractivity contribution is -0.117. The van der Waals surface area contributed by atoms with Crippen molar-refractivity contribution in [2.24, 2.45) is 10.8 Å². The van der Waals surface area contributed by atoms with E-state index in [0.29, 0.717) is 40.7 Å². The summed E-state index contributed by atoms with van der Waals surface area (Å²) >= 11 is 0. The van der Waals surface area contributed by atoms with E-state index in [1.807, 2.05) is 0 Å². The van der Waals surface area contributed by atoms with Crippen LogP contribution in [0.4, 0.5) is 5.69 Å². The Hall–Kier alpha value is -2.74. The number of nitrogens with zero attached hydrogens (tertiary/aromatic N) is 1. The van der Waals surface area contributed by atoms with Gasteiger partial charge in [0.05, 0.1) is 38.6 Å². The molecular weight excluding hydrogens is 422 g/mol. The summed E-state index contributed by atoms with van der Waals surface area (Å²) in [5.41, 5.74) is 1.80. The van der Waals surface area contributed by atoms with Gasteiger partial charge in [-0.1, -0.05) is 20.8 Å². The fourth-order valence-electron chi connectivity index (χ4n) is 6.13. The zero-order valence-electron chi connectivity index (χ0n) is 20.5. The van der Waals surface area contributed by atoms with Gasteiger partial charge in [-0.2, -0.15) is 0 Å². The maximum absolute atomic E-state index is 13.2. The first-order valence-corrected chi connectivity index (χ1v) is 11.6. The molecule has 8 nitrogen and oxygen atoms in total. The molecule has 2 unspecified atom stereocenters. The average molecular weight is 458 g/mol. The summed E-state index contributed by atoms with van der Waals surface area (Å²) in [5, 5.41) is 3.66. The molecule has 33 heavy (non-hydrogen) atoms. The third-order valence-corrected chi connectivity index (χ3v) is 6.92. The monoisotopic (exact) mass is 457 g/mol. The number of aromatic amines is 1. The van der Waals surface area contributed by atoms with E-state index in [4.69, 9.17) is 14.2 Å². The van der Waals surface area contributed by atoms with Crippen LogP contribution >= 0.6 is 0 Å². The quantitative estimate of drug-likeness (QED) is 0.606. The Kier molecular flexibility index (Phi) is 6.07. The van der Waals surface area contributed by atoms with Crippen molar-refractivity contribution < 1.29 is 23.8 Å². The molecule has 1 aliphatic heterocycles. The summed E-state index contributed by atoms with van der Waals surface area (Å²) in [4.78, 5) is 31.2. The normalized spacial score (nSPS) is 24.0. The van der Waals surface area contributed by atoms with Crippen LogP contribution in [0.2, 0.25) is 0 Å². The molecule has 0 spiro atoms. The highest BCUT2D eigenvalue weighted by atomic mass is 16.5. The van der Waals surface area contributed by atoms with Gasteiger partial charge in [0, 0.05) is 24.0 Å².